The summed E-state index contributed by atoms with van der Waals surface area (Å²) in [6, 6.07) is 7.24. The number of hydrogen-bond acceptors (Lipinski definition) is 5. The number of ether oxygens (including phenoxy) is 1. The van der Waals surface area contributed by atoms with Crippen LogP contribution < -0.4 is 0 Å². The molecule has 0 bridgehead atoms. The molecule has 2 aromatic rings. The molecule has 1 aromatic heterocycles. The molecular formula is C17H18N4O3. The van der Waals surface area contributed by atoms with Crippen LogP contribution in [0.5, 0.6) is 0 Å². The van der Waals surface area contributed by atoms with Crippen LogP contribution in [0, 0.1) is 0 Å². The molecule has 0 radical (unpaired) electrons. The van der Waals surface area contributed by atoms with Crippen LogP contribution in [0.4, 0.5) is 0 Å². The van der Waals surface area contributed by atoms with E-state index in [9.17, 15) is 9.59 Å². The maximum Gasteiger partial charge on any atom is 0.339 e. The van der Waals surface area contributed by atoms with Crippen molar-refractivity contribution in [1.29, 1.82) is 0 Å². The summed E-state index contributed by atoms with van der Waals surface area (Å²) in [6.45, 7) is 1.26. The number of fused-ring (bicyclic) bond motifs is 2. The van der Waals surface area contributed by atoms with Crippen LogP contribution >= 0.6 is 0 Å². The molecule has 1 aromatic carbocycles. The highest BCUT2D eigenvalue weighted by Crippen LogP contribution is 2.22. The summed E-state index contributed by atoms with van der Waals surface area (Å²) < 4.78 is 7.40. The van der Waals surface area contributed by atoms with E-state index in [1.165, 1.54) is 0 Å². The van der Waals surface area contributed by atoms with Crippen molar-refractivity contribution in [2.24, 2.45) is 0 Å². The second-order valence-electron chi connectivity index (χ2n) is 6.24. The molecule has 1 amide bonds. The fourth-order valence-electron chi connectivity index (χ4n) is 3.33. The Morgan fingerprint density at radius 1 is 1.38 bits per heavy atom. The number of hydrogen-bond donors (Lipinski definition) is 0. The van der Waals surface area contributed by atoms with Gasteiger partial charge >= 0.3 is 5.97 Å². The molecule has 0 saturated heterocycles. The molecule has 3 heterocycles. The smallest absolute Gasteiger partial charge is 0.339 e. The molecule has 0 saturated carbocycles. The van der Waals surface area contributed by atoms with Gasteiger partial charge in [0.1, 0.15) is 5.82 Å². The van der Waals surface area contributed by atoms with Gasteiger partial charge in [0.25, 0.3) is 5.91 Å². The van der Waals surface area contributed by atoms with Crippen molar-refractivity contribution in [3.8, 4) is 0 Å². The number of benzene rings is 1. The van der Waals surface area contributed by atoms with E-state index < -0.39 is 12.1 Å². The van der Waals surface area contributed by atoms with Gasteiger partial charge in [0.05, 0.1) is 12.1 Å². The molecule has 0 aliphatic carbocycles. The SMILES string of the molecule is CN(Cc1nnc2n1CCC2)C(=O)C1Cc2ccccc2C(=O)O1. The molecule has 2 aliphatic heterocycles. The Hall–Kier alpha value is -2.70. The van der Waals surface area contributed by atoms with Gasteiger partial charge in [-0.15, -0.1) is 10.2 Å². The van der Waals surface area contributed by atoms with Gasteiger partial charge in [-0.25, -0.2) is 4.79 Å². The third kappa shape index (κ3) is 2.46. The average molecular weight is 326 g/mol. The summed E-state index contributed by atoms with van der Waals surface area (Å²) in [5.41, 5.74) is 1.39. The first kappa shape index (κ1) is 14.9. The largest absolute Gasteiger partial charge is 0.448 e. The van der Waals surface area contributed by atoms with Crippen LogP contribution in [0.2, 0.25) is 0 Å². The first-order valence-electron chi connectivity index (χ1n) is 8.08. The number of aromatic nitrogens is 3. The minimum Gasteiger partial charge on any atom is -0.448 e. The van der Waals surface area contributed by atoms with E-state index in [1.54, 1.807) is 24.1 Å². The number of aryl methyl sites for hydroxylation is 1. The van der Waals surface area contributed by atoms with Crippen LogP contribution in [-0.4, -0.2) is 44.7 Å². The predicted molar refractivity (Wildman–Crippen MR) is 84.2 cm³/mol. The molecule has 2 aliphatic rings. The Kier molecular flexibility index (Phi) is 3.55. The Balaban J connectivity index is 1.48. The zero-order chi connectivity index (χ0) is 16.7. The molecule has 7 heteroatoms. The van der Waals surface area contributed by atoms with E-state index in [2.05, 4.69) is 14.8 Å². The minimum absolute atomic E-state index is 0.215. The molecular weight excluding hydrogens is 308 g/mol. The van der Waals surface area contributed by atoms with Crippen LogP contribution in [0.3, 0.4) is 0 Å². The second-order valence-corrected chi connectivity index (χ2v) is 6.24. The first-order valence-corrected chi connectivity index (χ1v) is 8.08. The zero-order valence-corrected chi connectivity index (χ0v) is 13.4. The summed E-state index contributed by atoms with van der Waals surface area (Å²) in [5.74, 6) is 1.10. The normalized spacial score (nSPS) is 18.7. The topological polar surface area (TPSA) is 77.3 Å². The molecule has 0 fully saturated rings. The van der Waals surface area contributed by atoms with Crippen LogP contribution in [0.1, 0.15) is 34.0 Å². The highest BCUT2D eigenvalue weighted by molar-refractivity contribution is 5.95. The first-order chi connectivity index (χ1) is 11.6. The predicted octanol–water partition coefficient (Wildman–Crippen LogP) is 0.964. The Morgan fingerprint density at radius 2 is 2.21 bits per heavy atom. The lowest BCUT2D eigenvalue weighted by Crippen LogP contribution is -2.42. The number of likely N-dealkylation sites (N-methyl/N-ethyl adjacent to an activating group) is 1. The number of rotatable bonds is 3. The number of amides is 1. The molecule has 1 unspecified atom stereocenters. The monoisotopic (exact) mass is 326 g/mol. The van der Waals surface area contributed by atoms with Gasteiger partial charge in [-0.3, -0.25) is 4.79 Å². The zero-order valence-electron chi connectivity index (χ0n) is 13.4. The van der Waals surface area contributed by atoms with E-state index in [0.717, 1.165) is 36.6 Å². The van der Waals surface area contributed by atoms with Crippen molar-refractivity contribution in [3.63, 3.8) is 0 Å². The van der Waals surface area contributed by atoms with Crippen molar-refractivity contribution >= 4 is 11.9 Å². The fraction of sp³-hybridized carbons (Fsp3) is 0.412. The van der Waals surface area contributed by atoms with Gasteiger partial charge in [-0.05, 0) is 18.1 Å². The third-order valence-corrected chi connectivity index (χ3v) is 4.61. The van der Waals surface area contributed by atoms with Crippen LogP contribution in [0.25, 0.3) is 0 Å². The van der Waals surface area contributed by atoms with Gasteiger partial charge in [0.15, 0.2) is 11.9 Å². The maximum absolute atomic E-state index is 12.7. The quantitative estimate of drug-likeness (QED) is 0.785. The molecule has 7 nitrogen and oxygen atoms in total. The number of carbonyl (C=O) groups excluding carboxylic acids is 2. The molecule has 1 atom stereocenters. The van der Waals surface area contributed by atoms with Gasteiger partial charge in [-0.2, -0.15) is 0 Å². The Bertz CT molecular complexity index is 814. The van der Waals surface area contributed by atoms with Gasteiger partial charge < -0.3 is 14.2 Å². The van der Waals surface area contributed by atoms with Gasteiger partial charge in [-0.1, -0.05) is 18.2 Å². The van der Waals surface area contributed by atoms with Gasteiger partial charge in [0, 0.05) is 26.4 Å². The average Bonchev–Trinajstić information content (AvgIpc) is 3.19. The Labute approximate surface area is 139 Å². The molecule has 0 spiro atoms. The van der Waals surface area contributed by atoms with E-state index in [4.69, 9.17) is 4.74 Å². The lowest BCUT2D eigenvalue weighted by molar-refractivity contribution is -0.140. The van der Waals surface area contributed by atoms with E-state index in [1.807, 2.05) is 12.1 Å². The molecule has 24 heavy (non-hydrogen) atoms. The summed E-state index contributed by atoms with van der Waals surface area (Å²) in [6.07, 6.45) is 1.62. The van der Waals surface area contributed by atoms with Crippen molar-refractivity contribution in [1.82, 2.24) is 19.7 Å². The van der Waals surface area contributed by atoms with Gasteiger partial charge in [0.2, 0.25) is 0 Å². The van der Waals surface area contributed by atoms with Crippen molar-refractivity contribution in [3.05, 3.63) is 47.0 Å². The highest BCUT2D eigenvalue weighted by Gasteiger charge is 2.33. The van der Waals surface area contributed by atoms with Crippen molar-refractivity contribution in [2.45, 2.75) is 38.5 Å². The van der Waals surface area contributed by atoms with E-state index in [0.29, 0.717) is 18.5 Å². The summed E-state index contributed by atoms with van der Waals surface area (Å²) in [4.78, 5) is 26.3. The van der Waals surface area contributed by atoms with E-state index >= 15 is 0 Å². The van der Waals surface area contributed by atoms with E-state index in [-0.39, 0.29) is 5.91 Å². The standard InChI is InChI=1S/C17H18N4O3/c1-20(10-15-19-18-14-7-4-8-21(14)15)16(22)13-9-11-5-2-3-6-12(11)17(23)24-13/h2-3,5-6,13H,4,7-10H2,1H3. The highest BCUT2D eigenvalue weighted by atomic mass is 16.5. The summed E-state index contributed by atoms with van der Waals surface area (Å²) in [5, 5.41) is 8.32. The Morgan fingerprint density at radius 3 is 3.08 bits per heavy atom. The maximum atomic E-state index is 12.7. The fourth-order valence-corrected chi connectivity index (χ4v) is 3.33. The van der Waals surface area contributed by atoms with Crippen molar-refractivity contribution in [2.75, 3.05) is 7.05 Å². The molecule has 0 N–H and O–H groups in total. The van der Waals surface area contributed by atoms with Crippen LogP contribution in [-0.2, 0) is 35.5 Å². The second kappa shape index (κ2) is 5.74. The summed E-state index contributed by atoms with van der Waals surface area (Å²) in [7, 11) is 1.70. The third-order valence-electron chi connectivity index (χ3n) is 4.61. The van der Waals surface area contributed by atoms with Crippen molar-refractivity contribution < 1.29 is 14.3 Å². The number of esters is 1. The van der Waals surface area contributed by atoms with Crippen LogP contribution in [0.15, 0.2) is 24.3 Å². The molecule has 124 valence electrons. The number of cyclic esters (lactones) is 1. The lowest BCUT2D eigenvalue weighted by Gasteiger charge is -2.27. The number of carbonyl (C=O) groups is 2. The summed E-state index contributed by atoms with van der Waals surface area (Å²) >= 11 is 0. The molecule has 4 rings (SSSR count). The lowest BCUT2D eigenvalue weighted by atomic mass is 9.98. The minimum atomic E-state index is -0.779. The number of nitrogens with zero attached hydrogens (tertiary/aromatic N) is 4.